The molecular weight excluding hydrogens is 268 g/mol. The van der Waals surface area contributed by atoms with Crippen molar-refractivity contribution in [2.45, 2.75) is 33.7 Å². The van der Waals surface area contributed by atoms with Crippen molar-refractivity contribution in [3.05, 3.63) is 23.2 Å². The van der Waals surface area contributed by atoms with Crippen molar-refractivity contribution in [3.8, 4) is 0 Å². The molecule has 1 aliphatic heterocycles. The van der Waals surface area contributed by atoms with Crippen molar-refractivity contribution in [1.82, 2.24) is 10.2 Å². The Bertz CT molecular complexity index is 476. The van der Waals surface area contributed by atoms with Gasteiger partial charge in [-0.3, -0.25) is 9.69 Å². The second-order valence-corrected chi connectivity index (χ2v) is 6.00. The fourth-order valence-corrected chi connectivity index (χ4v) is 2.84. The highest BCUT2D eigenvalue weighted by Gasteiger charge is 2.24. The van der Waals surface area contributed by atoms with Crippen LogP contribution in [0.15, 0.2) is 10.5 Å². The number of ether oxygens (including phenoxy) is 1. The van der Waals surface area contributed by atoms with Crippen LogP contribution in [0, 0.1) is 19.8 Å². The molecule has 118 valence electrons. The van der Waals surface area contributed by atoms with E-state index in [1.54, 1.807) is 6.07 Å². The zero-order valence-electron chi connectivity index (χ0n) is 13.4. The summed E-state index contributed by atoms with van der Waals surface area (Å²) in [4.78, 5) is 14.7. The van der Waals surface area contributed by atoms with E-state index in [9.17, 15) is 4.79 Å². The van der Waals surface area contributed by atoms with E-state index in [-0.39, 0.29) is 5.91 Å². The number of carbonyl (C=O) groups excluding carboxylic acids is 1. The number of carbonyl (C=O) groups is 1. The Balaban J connectivity index is 1.95. The van der Waals surface area contributed by atoms with Gasteiger partial charge in [0.05, 0.1) is 18.8 Å². The molecule has 1 aromatic heterocycles. The van der Waals surface area contributed by atoms with Crippen molar-refractivity contribution >= 4 is 5.91 Å². The molecule has 5 nitrogen and oxygen atoms in total. The third kappa shape index (κ3) is 4.08. The van der Waals surface area contributed by atoms with Gasteiger partial charge in [-0.2, -0.15) is 0 Å². The van der Waals surface area contributed by atoms with Crippen LogP contribution in [0.1, 0.15) is 35.7 Å². The van der Waals surface area contributed by atoms with Crippen LogP contribution in [0.3, 0.4) is 0 Å². The first-order chi connectivity index (χ1) is 9.99. The standard InChI is InChI=1S/C16H26N2O3/c1-11(2)15(18-5-7-20-8-6-18)10-17-16(19)14-9-12(3)21-13(14)4/h9,11,15H,5-8,10H2,1-4H3,(H,17,19)/t15-/m0/s1. The van der Waals surface area contributed by atoms with Crippen LogP contribution in [0.4, 0.5) is 0 Å². The Morgan fingerprint density at radius 1 is 1.33 bits per heavy atom. The lowest BCUT2D eigenvalue weighted by Gasteiger charge is -2.36. The van der Waals surface area contributed by atoms with Gasteiger partial charge in [-0.05, 0) is 25.8 Å². The highest BCUT2D eigenvalue weighted by molar-refractivity contribution is 5.95. The van der Waals surface area contributed by atoms with Crippen molar-refractivity contribution in [2.24, 2.45) is 5.92 Å². The normalized spacial score (nSPS) is 18.0. The Kier molecular flexibility index (Phi) is 5.42. The Morgan fingerprint density at radius 3 is 2.52 bits per heavy atom. The van der Waals surface area contributed by atoms with Gasteiger partial charge in [0.1, 0.15) is 11.5 Å². The minimum absolute atomic E-state index is 0.0525. The second-order valence-electron chi connectivity index (χ2n) is 6.00. The zero-order valence-corrected chi connectivity index (χ0v) is 13.4. The first kappa shape index (κ1) is 16.0. The van der Waals surface area contributed by atoms with Gasteiger partial charge in [-0.15, -0.1) is 0 Å². The molecular formula is C16H26N2O3. The summed E-state index contributed by atoms with van der Waals surface area (Å²) in [6.07, 6.45) is 0. The second kappa shape index (κ2) is 7.09. The van der Waals surface area contributed by atoms with Crippen LogP contribution in [-0.4, -0.2) is 49.7 Å². The average Bonchev–Trinajstić information content (AvgIpc) is 2.78. The van der Waals surface area contributed by atoms with Crippen molar-refractivity contribution in [1.29, 1.82) is 0 Å². The first-order valence-corrected chi connectivity index (χ1v) is 7.66. The molecule has 0 unspecified atom stereocenters. The van der Waals surface area contributed by atoms with E-state index in [1.165, 1.54) is 0 Å². The minimum Gasteiger partial charge on any atom is -0.466 e. The summed E-state index contributed by atoms with van der Waals surface area (Å²) in [5.41, 5.74) is 0.636. The van der Waals surface area contributed by atoms with E-state index in [0.717, 1.165) is 32.1 Å². The molecule has 1 aliphatic rings. The number of nitrogens with one attached hydrogen (secondary N) is 1. The van der Waals surface area contributed by atoms with Gasteiger partial charge in [-0.1, -0.05) is 13.8 Å². The van der Waals surface area contributed by atoms with Gasteiger partial charge in [0.2, 0.25) is 0 Å². The van der Waals surface area contributed by atoms with E-state index in [2.05, 4.69) is 24.1 Å². The van der Waals surface area contributed by atoms with E-state index >= 15 is 0 Å². The maximum absolute atomic E-state index is 12.3. The van der Waals surface area contributed by atoms with Crippen LogP contribution in [-0.2, 0) is 4.74 Å². The lowest BCUT2D eigenvalue weighted by atomic mass is 10.0. The molecule has 1 N–H and O–H groups in total. The smallest absolute Gasteiger partial charge is 0.254 e. The van der Waals surface area contributed by atoms with Crippen LogP contribution >= 0.6 is 0 Å². The monoisotopic (exact) mass is 294 g/mol. The maximum Gasteiger partial charge on any atom is 0.254 e. The molecule has 0 bridgehead atoms. The van der Waals surface area contributed by atoms with Gasteiger partial charge in [0, 0.05) is 25.7 Å². The third-order valence-corrected chi connectivity index (χ3v) is 4.04. The molecule has 1 fully saturated rings. The van der Waals surface area contributed by atoms with Gasteiger partial charge in [0.25, 0.3) is 5.91 Å². The third-order valence-electron chi connectivity index (χ3n) is 4.04. The number of hydrogen-bond acceptors (Lipinski definition) is 4. The quantitative estimate of drug-likeness (QED) is 0.902. The van der Waals surface area contributed by atoms with Crippen LogP contribution in [0.25, 0.3) is 0 Å². The lowest BCUT2D eigenvalue weighted by molar-refractivity contribution is 0.00672. The van der Waals surface area contributed by atoms with Crippen LogP contribution in [0.5, 0.6) is 0 Å². The number of aryl methyl sites for hydroxylation is 2. The van der Waals surface area contributed by atoms with Crippen molar-refractivity contribution in [2.75, 3.05) is 32.8 Å². The predicted octanol–water partition coefficient (Wildman–Crippen LogP) is 1.98. The zero-order chi connectivity index (χ0) is 15.4. The van der Waals surface area contributed by atoms with Crippen LogP contribution in [0.2, 0.25) is 0 Å². The number of amides is 1. The van der Waals surface area contributed by atoms with E-state index in [4.69, 9.17) is 9.15 Å². The summed E-state index contributed by atoms with van der Waals surface area (Å²) in [7, 11) is 0. The molecule has 1 saturated heterocycles. The minimum atomic E-state index is -0.0525. The molecule has 0 aromatic carbocycles. The predicted molar refractivity (Wildman–Crippen MR) is 81.5 cm³/mol. The molecule has 1 aromatic rings. The maximum atomic E-state index is 12.3. The summed E-state index contributed by atoms with van der Waals surface area (Å²) >= 11 is 0. The van der Waals surface area contributed by atoms with Crippen LogP contribution < -0.4 is 5.32 Å². The molecule has 2 heterocycles. The van der Waals surface area contributed by atoms with E-state index in [0.29, 0.717) is 29.8 Å². The van der Waals surface area contributed by atoms with Crippen molar-refractivity contribution in [3.63, 3.8) is 0 Å². The van der Waals surface area contributed by atoms with Gasteiger partial charge in [-0.25, -0.2) is 0 Å². The van der Waals surface area contributed by atoms with Crippen molar-refractivity contribution < 1.29 is 13.9 Å². The fourth-order valence-electron chi connectivity index (χ4n) is 2.84. The Morgan fingerprint density at radius 2 is 2.00 bits per heavy atom. The Labute approximate surface area is 126 Å². The SMILES string of the molecule is Cc1cc(C(=O)NC[C@@H](C(C)C)N2CCOCC2)c(C)o1. The molecule has 1 amide bonds. The molecule has 0 spiro atoms. The van der Waals surface area contributed by atoms with E-state index in [1.807, 2.05) is 13.8 Å². The summed E-state index contributed by atoms with van der Waals surface area (Å²) in [6.45, 7) is 12.1. The first-order valence-electron chi connectivity index (χ1n) is 7.66. The average molecular weight is 294 g/mol. The molecule has 0 saturated carbocycles. The lowest BCUT2D eigenvalue weighted by Crippen LogP contribution is -2.51. The highest BCUT2D eigenvalue weighted by atomic mass is 16.5. The highest BCUT2D eigenvalue weighted by Crippen LogP contribution is 2.15. The van der Waals surface area contributed by atoms with E-state index < -0.39 is 0 Å². The Hall–Kier alpha value is -1.33. The number of morpholine rings is 1. The number of hydrogen-bond donors (Lipinski definition) is 1. The molecule has 0 aliphatic carbocycles. The number of furan rings is 1. The molecule has 5 heteroatoms. The summed E-state index contributed by atoms with van der Waals surface area (Å²) in [5.74, 6) is 1.88. The molecule has 0 radical (unpaired) electrons. The summed E-state index contributed by atoms with van der Waals surface area (Å²) in [6, 6.07) is 2.13. The summed E-state index contributed by atoms with van der Waals surface area (Å²) < 4.78 is 10.8. The largest absolute Gasteiger partial charge is 0.466 e. The topological polar surface area (TPSA) is 54.7 Å². The summed E-state index contributed by atoms with van der Waals surface area (Å²) in [5, 5.41) is 3.05. The fraction of sp³-hybridized carbons (Fsp3) is 0.688. The van der Waals surface area contributed by atoms with Gasteiger partial charge in [0.15, 0.2) is 0 Å². The number of rotatable bonds is 5. The van der Waals surface area contributed by atoms with Gasteiger partial charge < -0.3 is 14.5 Å². The number of nitrogens with zero attached hydrogens (tertiary/aromatic N) is 1. The molecule has 1 atom stereocenters. The van der Waals surface area contributed by atoms with Gasteiger partial charge >= 0.3 is 0 Å². The molecule has 21 heavy (non-hydrogen) atoms. The molecule has 2 rings (SSSR count).